The zero-order valence-corrected chi connectivity index (χ0v) is 28.5. The molecule has 268 valence electrons. The fourth-order valence-corrected chi connectivity index (χ4v) is 10.00. The zero-order valence-electron chi connectivity index (χ0n) is 26.8. The number of nitrogens with two attached hydrogens (primary N) is 1. The van der Waals surface area contributed by atoms with Crippen molar-refractivity contribution in [1.29, 1.82) is 0 Å². The molecule has 2 fully saturated rings. The molecule has 2 saturated carbocycles. The Hall–Kier alpha value is -1.61. The smallest absolute Gasteiger partial charge is 0.389 e. The molecule has 4 N–H and O–H groups in total. The molecule has 1 aromatic rings. The van der Waals surface area contributed by atoms with Crippen LogP contribution in [0.2, 0.25) is 0 Å². The van der Waals surface area contributed by atoms with Gasteiger partial charge in [-0.2, -0.15) is 35.5 Å². The van der Waals surface area contributed by atoms with E-state index in [1.54, 1.807) is 12.1 Å². The number of unbranched alkanes of at least 4 members (excludes halogenated alkanes) is 6. The maximum absolute atomic E-state index is 13.0. The number of benzene rings is 1. The van der Waals surface area contributed by atoms with E-state index in [0.29, 0.717) is 18.4 Å². The van der Waals surface area contributed by atoms with Crippen molar-refractivity contribution in [3.8, 4) is 5.75 Å². The van der Waals surface area contributed by atoms with Crippen LogP contribution < -0.4 is 9.32 Å². The van der Waals surface area contributed by atoms with Gasteiger partial charge in [-0.15, -0.1) is 0 Å². The number of rotatable bonds is 16. The van der Waals surface area contributed by atoms with Gasteiger partial charge in [-0.1, -0.05) is 58.1 Å². The second kappa shape index (κ2) is 15.1. The summed E-state index contributed by atoms with van der Waals surface area (Å²) in [5.74, 6) is -4.27. The van der Waals surface area contributed by atoms with Crippen molar-refractivity contribution in [2.75, 3.05) is 11.5 Å². The molecule has 0 heterocycles. The number of aliphatic hydroxyl groups excluding tert-OH is 2. The van der Waals surface area contributed by atoms with Crippen LogP contribution in [-0.4, -0.2) is 52.5 Å². The topological polar surface area (TPSA) is 127 Å². The van der Waals surface area contributed by atoms with E-state index in [0.717, 1.165) is 68.9 Å². The Bertz CT molecular complexity index is 1390. The van der Waals surface area contributed by atoms with E-state index in [9.17, 15) is 44.8 Å². The third kappa shape index (κ3) is 8.95. The van der Waals surface area contributed by atoms with Crippen LogP contribution in [0.5, 0.6) is 5.75 Å². The van der Waals surface area contributed by atoms with Crippen LogP contribution in [0.15, 0.2) is 30.4 Å². The molecule has 0 aromatic heterocycles. The van der Waals surface area contributed by atoms with Crippen molar-refractivity contribution < 1.29 is 49.0 Å². The summed E-state index contributed by atoms with van der Waals surface area (Å²) in [5.41, 5.74) is 2.29. The molecule has 3 aliphatic rings. The molecule has 0 spiro atoms. The zero-order chi connectivity index (χ0) is 34.8. The summed E-state index contributed by atoms with van der Waals surface area (Å²) >= 11 is 0. The quantitative estimate of drug-likeness (QED) is 0.0944. The van der Waals surface area contributed by atoms with E-state index < -0.39 is 58.3 Å². The Kier molecular flexibility index (Phi) is 12.3. The average Bonchev–Trinajstić information content (AvgIpc) is 3.20. The minimum absolute atomic E-state index is 0.0552. The monoisotopic (exact) mass is 713 g/mol. The predicted molar refractivity (Wildman–Crippen MR) is 171 cm³/mol. The summed E-state index contributed by atoms with van der Waals surface area (Å²) in [6.45, 7) is 6.42. The lowest BCUT2D eigenvalue weighted by molar-refractivity contribution is -0.284. The molecule has 3 aliphatic carbocycles. The first-order chi connectivity index (χ1) is 21.9. The SMILES string of the molecule is C=C1[C@H](O)C[C@H]2[C@@H]3[C@H](CCCCCCCCCS(=O)CCCC(F)(F)C(F)(F)F)[C@H](O)c4cc(OS(N)(=O)=O)ccc4[C@H]3CC[C@]12C. The molecule has 0 amide bonds. The lowest BCUT2D eigenvalue weighted by atomic mass is 9.51. The largest absolute Gasteiger partial charge is 0.453 e. The second-order valence-electron chi connectivity index (χ2n) is 13.9. The maximum Gasteiger partial charge on any atom is 0.453 e. The van der Waals surface area contributed by atoms with Crippen LogP contribution in [-0.2, 0) is 21.1 Å². The molecule has 1 aromatic carbocycles. The molecule has 14 heteroatoms. The highest BCUT2D eigenvalue weighted by atomic mass is 32.2. The Morgan fingerprint density at radius 1 is 1.00 bits per heavy atom. The molecule has 4 rings (SSSR count). The van der Waals surface area contributed by atoms with Gasteiger partial charge in [-0.3, -0.25) is 4.21 Å². The number of alkyl halides is 5. The van der Waals surface area contributed by atoms with Crippen molar-refractivity contribution in [3.05, 3.63) is 41.5 Å². The number of halogens is 5. The van der Waals surface area contributed by atoms with E-state index in [2.05, 4.69) is 13.5 Å². The van der Waals surface area contributed by atoms with Gasteiger partial charge < -0.3 is 14.4 Å². The molecule has 0 aliphatic heterocycles. The third-order valence-electron chi connectivity index (χ3n) is 10.9. The fraction of sp³-hybridized carbons (Fsp3) is 0.758. The highest BCUT2D eigenvalue weighted by Crippen LogP contribution is 2.65. The van der Waals surface area contributed by atoms with E-state index >= 15 is 0 Å². The third-order valence-corrected chi connectivity index (χ3v) is 12.8. The highest BCUT2D eigenvalue weighted by molar-refractivity contribution is 7.85. The van der Waals surface area contributed by atoms with E-state index in [-0.39, 0.29) is 46.3 Å². The Balaban J connectivity index is 1.28. The molecular weight excluding hydrogens is 665 g/mol. The van der Waals surface area contributed by atoms with Crippen LogP contribution in [0, 0.1) is 23.2 Å². The van der Waals surface area contributed by atoms with Gasteiger partial charge in [0, 0.05) is 28.7 Å². The minimum Gasteiger partial charge on any atom is -0.389 e. The normalized spacial score (nSPS) is 30.0. The number of aliphatic hydroxyl groups is 2. The highest BCUT2D eigenvalue weighted by Gasteiger charge is 2.58. The van der Waals surface area contributed by atoms with Crippen molar-refractivity contribution in [3.63, 3.8) is 0 Å². The Morgan fingerprint density at radius 3 is 2.26 bits per heavy atom. The van der Waals surface area contributed by atoms with Crippen molar-refractivity contribution in [1.82, 2.24) is 0 Å². The molecule has 7 nitrogen and oxygen atoms in total. The Morgan fingerprint density at radius 2 is 1.62 bits per heavy atom. The summed E-state index contributed by atoms with van der Waals surface area (Å²) in [4.78, 5) is 0. The first kappa shape index (κ1) is 38.2. The maximum atomic E-state index is 13.0. The number of hydrogen-bond acceptors (Lipinski definition) is 6. The van der Waals surface area contributed by atoms with Crippen LogP contribution in [0.3, 0.4) is 0 Å². The fourth-order valence-electron chi connectivity index (χ4n) is 8.43. The second-order valence-corrected chi connectivity index (χ2v) is 16.8. The molecular formula is C33H48F5NO6S2. The van der Waals surface area contributed by atoms with E-state index in [4.69, 9.17) is 9.32 Å². The van der Waals surface area contributed by atoms with Gasteiger partial charge in [0.05, 0.1) is 12.2 Å². The molecule has 0 saturated heterocycles. The lowest BCUT2D eigenvalue weighted by Crippen LogP contribution is -2.45. The summed E-state index contributed by atoms with van der Waals surface area (Å²) < 4.78 is 103. The van der Waals surface area contributed by atoms with Gasteiger partial charge in [0.1, 0.15) is 5.75 Å². The first-order valence-corrected chi connectivity index (χ1v) is 19.5. The minimum atomic E-state index is -5.58. The number of hydrogen-bond donors (Lipinski definition) is 3. The van der Waals surface area contributed by atoms with Gasteiger partial charge in [0.15, 0.2) is 0 Å². The van der Waals surface area contributed by atoms with Gasteiger partial charge in [0.2, 0.25) is 0 Å². The van der Waals surface area contributed by atoms with Gasteiger partial charge in [0.25, 0.3) is 0 Å². The summed E-state index contributed by atoms with van der Waals surface area (Å²) in [5, 5.41) is 27.7. The summed E-state index contributed by atoms with van der Waals surface area (Å²) in [6.07, 6.45) is 0.281. The van der Waals surface area contributed by atoms with Crippen molar-refractivity contribution in [2.45, 2.75) is 121 Å². The first-order valence-electron chi connectivity index (χ1n) is 16.6. The molecule has 47 heavy (non-hydrogen) atoms. The standard InChI is InChI=1S/C33H48F5NO6S2/c1-21-28(40)20-27-29-24(14-16-31(21,27)2)23-13-12-22(45-47(39,43)44)19-26(23)30(41)25(29)11-8-6-4-3-5-7-9-17-46(42)18-10-15-32(34,35)33(36,37)38/h12-13,19,24-25,27-30,40-41H,1,3-11,14-18,20H2,2H3,(H2,39,43,44)/t24-,25+,27+,28-,29+,30+,31-,46?/m1/s1. The van der Waals surface area contributed by atoms with Gasteiger partial charge in [-0.05, 0) is 96.4 Å². The van der Waals surface area contributed by atoms with Crippen LogP contribution in [0.25, 0.3) is 0 Å². The summed E-state index contributed by atoms with van der Waals surface area (Å²) in [7, 11) is -5.65. The van der Waals surface area contributed by atoms with Crippen LogP contribution >= 0.6 is 0 Å². The lowest BCUT2D eigenvalue weighted by Gasteiger charge is -2.53. The van der Waals surface area contributed by atoms with E-state index in [1.807, 2.05) is 6.07 Å². The van der Waals surface area contributed by atoms with Crippen molar-refractivity contribution in [2.24, 2.45) is 28.3 Å². The van der Waals surface area contributed by atoms with E-state index in [1.165, 1.54) is 0 Å². The van der Waals surface area contributed by atoms with Crippen LogP contribution in [0.4, 0.5) is 22.0 Å². The molecule has 8 atom stereocenters. The van der Waals surface area contributed by atoms with Crippen molar-refractivity contribution >= 4 is 21.1 Å². The Labute approximate surface area is 277 Å². The summed E-state index contributed by atoms with van der Waals surface area (Å²) in [6, 6.07) is 4.98. The van der Waals surface area contributed by atoms with Gasteiger partial charge >= 0.3 is 22.4 Å². The average molecular weight is 714 g/mol. The van der Waals surface area contributed by atoms with Crippen LogP contribution in [0.1, 0.15) is 114 Å². The van der Waals surface area contributed by atoms with Gasteiger partial charge in [-0.25, -0.2) is 0 Å². The molecule has 0 radical (unpaired) electrons. The number of fused-ring (bicyclic) bond motifs is 5. The molecule has 0 bridgehead atoms. The predicted octanol–water partition coefficient (Wildman–Crippen LogP) is 7.22. The molecule has 1 unspecified atom stereocenters.